The Balaban J connectivity index is 2.32. The Bertz CT molecular complexity index is 559. The van der Waals surface area contributed by atoms with Crippen molar-refractivity contribution < 1.29 is 9.53 Å². The van der Waals surface area contributed by atoms with E-state index in [4.69, 9.17) is 4.74 Å². The number of carbonyl (C=O) groups is 1. The summed E-state index contributed by atoms with van der Waals surface area (Å²) in [5, 5.41) is 0. The highest BCUT2D eigenvalue weighted by molar-refractivity contribution is 5.91. The molecule has 92 valence electrons. The van der Waals surface area contributed by atoms with E-state index in [1.165, 1.54) is 18.2 Å². The number of esters is 1. The lowest BCUT2D eigenvalue weighted by Crippen LogP contribution is -2.05. The Labute approximate surface area is 107 Å². The predicted octanol–water partition coefficient (Wildman–Crippen LogP) is 3.37. The zero-order valence-corrected chi connectivity index (χ0v) is 10.6. The maximum Gasteiger partial charge on any atom is 0.338 e. The summed E-state index contributed by atoms with van der Waals surface area (Å²) < 4.78 is 4.80. The van der Waals surface area contributed by atoms with Crippen LogP contribution in [0.15, 0.2) is 48.5 Å². The van der Waals surface area contributed by atoms with E-state index in [9.17, 15) is 4.79 Å². The highest BCUT2D eigenvalue weighted by Crippen LogP contribution is 2.16. The smallest absolute Gasteiger partial charge is 0.338 e. The molecule has 0 heterocycles. The van der Waals surface area contributed by atoms with Gasteiger partial charge in [0.2, 0.25) is 0 Å². The molecule has 2 nitrogen and oxygen atoms in total. The van der Waals surface area contributed by atoms with Gasteiger partial charge in [-0.3, -0.25) is 0 Å². The van der Waals surface area contributed by atoms with Gasteiger partial charge < -0.3 is 4.74 Å². The lowest BCUT2D eigenvalue weighted by molar-refractivity contribution is 0.0599. The van der Waals surface area contributed by atoms with E-state index in [-0.39, 0.29) is 5.97 Å². The van der Waals surface area contributed by atoms with Gasteiger partial charge in [0.15, 0.2) is 0 Å². The molecule has 0 aromatic heterocycles. The molecule has 0 unspecified atom stereocenters. The lowest BCUT2D eigenvalue weighted by atomic mass is 9.99. The fourth-order valence-electron chi connectivity index (χ4n) is 2.03. The summed E-state index contributed by atoms with van der Waals surface area (Å²) in [6.07, 6.45) is 0.743. The van der Waals surface area contributed by atoms with Gasteiger partial charge in [-0.05, 0) is 30.5 Å². The molecule has 0 aliphatic carbocycles. The largest absolute Gasteiger partial charge is 0.465 e. The van der Waals surface area contributed by atoms with Crippen molar-refractivity contribution in [2.45, 2.75) is 13.3 Å². The number of hydrogen-bond acceptors (Lipinski definition) is 2. The van der Waals surface area contributed by atoms with Crippen LogP contribution in [0.25, 0.3) is 0 Å². The van der Waals surface area contributed by atoms with Gasteiger partial charge in [-0.1, -0.05) is 48.0 Å². The van der Waals surface area contributed by atoms with Crippen molar-refractivity contribution in [2.24, 2.45) is 0 Å². The molecule has 0 N–H and O–H groups in total. The standard InChI is InChI=1S/C16H16O2/c1-12-6-5-7-13(10-12)11-14-8-3-4-9-15(14)16(17)18-2/h3-10H,11H2,1-2H3. The molecule has 0 atom stereocenters. The summed E-state index contributed by atoms with van der Waals surface area (Å²) in [4.78, 5) is 11.7. The van der Waals surface area contributed by atoms with Crippen LogP contribution in [0.3, 0.4) is 0 Å². The first-order valence-corrected chi connectivity index (χ1v) is 5.92. The van der Waals surface area contributed by atoms with Crippen molar-refractivity contribution in [1.29, 1.82) is 0 Å². The van der Waals surface area contributed by atoms with Crippen molar-refractivity contribution in [3.05, 3.63) is 70.8 Å². The second-order valence-electron chi connectivity index (χ2n) is 4.31. The first-order valence-electron chi connectivity index (χ1n) is 5.92. The zero-order chi connectivity index (χ0) is 13.0. The average Bonchev–Trinajstić information content (AvgIpc) is 2.38. The minimum atomic E-state index is -0.279. The fourth-order valence-corrected chi connectivity index (χ4v) is 2.03. The number of ether oxygens (including phenoxy) is 1. The monoisotopic (exact) mass is 240 g/mol. The van der Waals surface area contributed by atoms with E-state index in [2.05, 4.69) is 25.1 Å². The van der Waals surface area contributed by atoms with Crippen molar-refractivity contribution in [2.75, 3.05) is 7.11 Å². The number of carbonyl (C=O) groups excluding carboxylic acids is 1. The van der Waals surface area contributed by atoms with E-state index < -0.39 is 0 Å². The van der Waals surface area contributed by atoms with Gasteiger partial charge in [-0.2, -0.15) is 0 Å². The fraction of sp³-hybridized carbons (Fsp3) is 0.188. The molecule has 0 fully saturated rings. The van der Waals surface area contributed by atoms with Gasteiger partial charge in [-0.25, -0.2) is 4.79 Å². The molecule has 2 aromatic rings. The zero-order valence-electron chi connectivity index (χ0n) is 10.6. The number of hydrogen-bond donors (Lipinski definition) is 0. The van der Waals surface area contributed by atoms with E-state index in [0.717, 1.165) is 12.0 Å². The topological polar surface area (TPSA) is 26.3 Å². The molecule has 0 saturated heterocycles. The number of methoxy groups -OCH3 is 1. The SMILES string of the molecule is COC(=O)c1ccccc1Cc1cccc(C)c1. The van der Waals surface area contributed by atoms with E-state index in [1.807, 2.05) is 24.3 Å². The van der Waals surface area contributed by atoms with Crippen LogP contribution in [0, 0.1) is 6.92 Å². The summed E-state index contributed by atoms with van der Waals surface area (Å²) in [6.45, 7) is 2.07. The Hall–Kier alpha value is -2.09. The van der Waals surface area contributed by atoms with Crippen LogP contribution in [-0.2, 0) is 11.2 Å². The van der Waals surface area contributed by atoms with Gasteiger partial charge >= 0.3 is 5.97 Å². The predicted molar refractivity (Wildman–Crippen MR) is 71.8 cm³/mol. The van der Waals surface area contributed by atoms with Crippen molar-refractivity contribution in [3.63, 3.8) is 0 Å². The molecule has 18 heavy (non-hydrogen) atoms. The molecule has 0 saturated carbocycles. The van der Waals surface area contributed by atoms with Crippen LogP contribution < -0.4 is 0 Å². The van der Waals surface area contributed by atoms with E-state index in [0.29, 0.717) is 5.56 Å². The maximum absolute atomic E-state index is 11.7. The van der Waals surface area contributed by atoms with Crippen LogP contribution in [0.1, 0.15) is 27.0 Å². The third-order valence-electron chi connectivity index (χ3n) is 2.90. The van der Waals surface area contributed by atoms with Gasteiger partial charge in [0.05, 0.1) is 12.7 Å². The van der Waals surface area contributed by atoms with Crippen molar-refractivity contribution in [1.82, 2.24) is 0 Å². The van der Waals surface area contributed by atoms with Crippen LogP contribution in [0.5, 0.6) is 0 Å². The van der Waals surface area contributed by atoms with Gasteiger partial charge in [0.1, 0.15) is 0 Å². The second-order valence-corrected chi connectivity index (χ2v) is 4.31. The highest BCUT2D eigenvalue weighted by Gasteiger charge is 2.10. The summed E-state index contributed by atoms with van der Waals surface area (Å²) in [7, 11) is 1.41. The first-order chi connectivity index (χ1) is 8.70. The summed E-state index contributed by atoms with van der Waals surface area (Å²) in [5.74, 6) is -0.279. The van der Waals surface area contributed by atoms with Crippen LogP contribution in [-0.4, -0.2) is 13.1 Å². The molecule has 2 rings (SSSR count). The van der Waals surface area contributed by atoms with Gasteiger partial charge in [0, 0.05) is 0 Å². The van der Waals surface area contributed by atoms with Crippen molar-refractivity contribution >= 4 is 5.97 Å². The molecule has 0 bridgehead atoms. The summed E-state index contributed by atoms with van der Waals surface area (Å²) in [6, 6.07) is 15.9. The third kappa shape index (κ3) is 2.77. The van der Waals surface area contributed by atoms with Gasteiger partial charge in [-0.15, -0.1) is 0 Å². The Kier molecular flexibility index (Phi) is 3.78. The quantitative estimate of drug-likeness (QED) is 0.769. The minimum Gasteiger partial charge on any atom is -0.465 e. The van der Waals surface area contributed by atoms with Crippen LogP contribution in [0.4, 0.5) is 0 Å². The van der Waals surface area contributed by atoms with Crippen molar-refractivity contribution in [3.8, 4) is 0 Å². The summed E-state index contributed by atoms with van der Waals surface area (Å²) >= 11 is 0. The highest BCUT2D eigenvalue weighted by atomic mass is 16.5. The van der Waals surface area contributed by atoms with Crippen LogP contribution >= 0.6 is 0 Å². The normalized spacial score (nSPS) is 10.1. The number of aryl methyl sites for hydroxylation is 1. The lowest BCUT2D eigenvalue weighted by Gasteiger charge is -2.08. The Morgan fingerprint density at radius 3 is 2.61 bits per heavy atom. The second kappa shape index (κ2) is 5.50. The minimum absolute atomic E-state index is 0.279. The number of rotatable bonds is 3. The molecule has 2 heteroatoms. The molecular weight excluding hydrogens is 224 g/mol. The average molecular weight is 240 g/mol. The summed E-state index contributed by atoms with van der Waals surface area (Å²) in [5.41, 5.74) is 4.06. The van der Waals surface area contributed by atoms with Crippen LogP contribution in [0.2, 0.25) is 0 Å². The molecule has 0 aliphatic rings. The first kappa shape index (κ1) is 12.4. The molecule has 2 aromatic carbocycles. The molecule has 0 spiro atoms. The molecule has 0 aliphatic heterocycles. The van der Waals surface area contributed by atoms with E-state index >= 15 is 0 Å². The molecular formula is C16H16O2. The Morgan fingerprint density at radius 1 is 1.11 bits per heavy atom. The number of benzene rings is 2. The third-order valence-corrected chi connectivity index (χ3v) is 2.90. The molecule has 0 radical (unpaired) electrons. The molecule has 0 amide bonds. The van der Waals surface area contributed by atoms with Gasteiger partial charge in [0.25, 0.3) is 0 Å². The maximum atomic E-state index is 11.7. The van der Waals surface area contributed by atoms with E-state index in [1.54, 1.807) is 6.07 Å². The Morgan fingerprint density at radius 2 is 1.89 bits per heavy atom.